The van der Waals surface area contributed by atoms with E-state index in [0.29, 0.717) is 0 Å². The summed E-state index contributed by atoms with van der Waals surface area (Å²) in [6, 6.07) is 10.3. The van der Waals surface area contributed by atoms with Crippen molar-refractivity contribution in [1.29, 1.82) is 0 Å². The Labute approximate surface area is 136 Å². The topological polar surface area (TPSA) is 12.5 Å². The molecule has 0 radical (unpaired) electrons. The summed E-state index contributed by atoms with van der Waals surface area (Å²) >= 11 is 11.2. The van der Waals surface area contributed by atoms with Gasteiger partial charge >= 0.3 is 0 Å². The average molecular weight is 340 g/mol. The highest BCUT2D eigenvalue weighted by Crippen LogP contribution is 2.35. The van der Waals surface area contributed by atoms with Crippen LogP contribution < -0.4 is 0 Å². The Kier molecular flexibility index (Phi) is 4.58. The van der Waals surface area contributed by atoms with Gasteiger partial charge in [0.25, 0.3) is 0 Å². The Balaban J connectivity index is 1.99. The molecule has 2 aromatic rings. The van der Waals surface area contributed by atoms with Crippen molar-refractivity contribution in [2.75, 3.05) is 26.3 Å². The number of ether oxygens (including phenoxy) is 1. The van der Waals surface area contributed by atoms with Gasteiger partial charge in [-0.15, -0.1) is 0 Å². The average Bonchev–Trinajstić information content (AvgIpc) is 2.90. The molecule has 2 nitrogen and oxygen atoms in total. The van der Waals surface area contributed by atoms with Crippen LogP contribution in [0.5, 0.6) is 0 Å². The van der Waals surface area contributed by atoms with Crippen LogP contribution in [0.25, 0.3) is 10.4 Å². The molecule has 0 spiro atoms. The predicted molar refractivity (Wildman–Crippen MR) is 92.6 cm³/mol. The van der Waals surface area contributed by atoms with Crippen LogP contribution >= 0.6 is 45.1 Å². The van der Waals surface area contributed by atoms with Gasteiger partial charge in [0.05, 0.1) is 23.7 Å². The number of thiocarbonyl (C=S) groups is 1. The smallest absolute Gasteiger partial charge is 0.113 e. The predicted octanol–water partition coefficient (Wildman–Crippen LogP) is 4.21. The van der Waals surface area contributed by atoms with Crippen molar-refractivity contribution in [2.45, 2.75) is 0 Å². The molecule has 0 bridgehead atoms. The van der Waals surface area contributed by atoms with Crippen molar-refractivity contribution < 1.29 is 4.74 Å². The molecule has 1 aromatic carbocycles. The largest absolute Gasteiger partial charge is 0.378 e. The molecule has 1 saturated heterocycles. The molecule has 1 aliphatic heterocycles. The maximum Gasteiger partial charge on any atom is 0.113 e. The third-order valence-corrected chi connectivity index (χ3v) is 6.71. The van der Waals surface area contributed by atoms with Crippen LogP contribution in [0.15, 0.2) is 30.3 Å². The first-order valence-corrected chi connectivity index (χ1v) is 9.29. The van der Waals surface area contributed by atoms with Gasteiger partial charge < -0.3 is 9.64 Å². The van der Waals surface area contributed by atoms with E-state index in [4.69, 9.17) is 29.2 Å². The fourth-order valence-electron chi connectivity index (χ4n) is 2.15. The molecular weight excluding hydrogens is 326 g/mol. The van der Waals surface area contributed by atoms with E-state index in [9.17, 15) is 0 Å². The lowest BCUT2D eigenvalue weighted by Crippen LogP contribution is -2.40. The van der Waals surface area contributed by atoms with Crippen molar-refractivity contribution >= 4 is 50.1 Å². The first kappa shape index (κ1) is 14.3. The van der Waals surface area contributed by atoms with E-state index in [1.807, 2.05) is 18.2 Å². The number of hydrogen-bond acceptors (Lipinski definition) is 5. The van der Waals surface area contributed by atoms with Crippen molar-refractivity contribution in [1.82, 2.24) is 4.90 Å². The van der Waals surface area contributed by atoms with E-state index in [1.165, 1.54) is 10.4 Å². The first-order chi connectivity index (χ1) is 9.77. The van der Waals surface area contributed by atoms with Crippen LogP contribution in [0, 0.1) is 3.82 Å². The SMILES string of the molecule is S=C(c1c(-c2ccccc2)ssc1=S)N1CCOCC1. The molecule has 104 valence electrons. The molecule has 0 saturated carbocycles. The molecule has 6 heteroatoms. The summed E-state index contributed by atoms with van der Waals surface area (Å²) in [6.45, 7) is 3.17. The van der Waals surface area contributed by atoms with Gasteiger partial charge in [0.1, 0.15) is 8.81 Å². The number of hydrogen-bond donors (Lipinski definition) is 0. The molecule has 1 aromatic heterocycles. The maximum absolute atomic E-state index is 5.69. The van der Waals surface area contributed by atoms with Crippen LogP contribution in [-0.4, -0.2) is 36.2 Å². The highest BCUT2D eigenvalue weighted by molar-refractivity contribution is 7.82. The van der Waals surface area contributed by atoms with E-state index in [0.717, 1.165) is 40.7 Å². The molecule has 0 N–H and O–H groups in total. The second-order valence-electron chi connectivity index (χ2n) is 4.43. The lowest BCUT2D eigenvalue weighted by molar-refractivity contribution is 0.0693. The van der Waals surface area contributed by atoms with Gasteiger partial charge in [-0.3, -0.25) is 0 Å². The van der Waals surface area contributed by atoms with Crippen molar-refractivity contribution in [3.63, 3.8) is 0 Å². The number of benzene rings is 1. The maximum atomic E-state index is 5.69. The van der Waals surface area contributed by atoms with Crippen LogP contribution in [0.1, 0.15) is 5.56 Å². The van der Waals surface area contributed by atoms with E-state index in [-0.39, 0.29) is 0 Å². The van der Waals surface area contributed by atoms with E-state index >= 15 is 0 Å². The first-order valence-electron chi connectivity index (χ1n) is 6.33. The van der Waals surface area contributed by atoms with Crippen molar-refractivity contribution in [3.8, 4) is 10.4 Å². The van der Waals surface area contributed by atoms with Gasteiger partial charge in [-0.05, 0) is 5.56 Å². The standard InChI is InChI=1S/C14H13NOS4/c17-13(15-6-8-16-9-7-15)11-12(19-20-14(11)18)10-4-2-1-3-5-10/h1-5H,6-9H2. The quantitative estimate of drug-likeness (QED) is 0.600. The summed E-state index contributed by atoms with van der Waals surface area (Å²) in [4.78, 5) is 4.27. The summed E-state index contributed by atoms with van der Waals surface area (Å²) in [5, 5.41) is 0. The van der Waals surface area contributed by atoms with Gasteiger partial charge in [0.2, 0.25) is 0 Å². The van der Waals surface area contributed by atoms with E-state index in [1.54, 1.807) is 20.7 Å². The number of morpholine rings is 1. The fraction of sp³-hybridized carbons (Fsp3) is 0.286. The monoisotopic (exact) mass is 339 g/mol. The van der Waals surface area contributed by atoms with Crippen LogP contribution in [-0.2, 0) is 4.74 Å². The summed E-state index contributed by atoms with van der Waals surface area (Å²) < 4.78 is 6.28. The molecule has 1 fully saturated rings. The van der Waals surface area contributed by atoms with Gasteiger partial charge in [0.15, 0.2) is 0 Å². The summed E-state index contributed by atoms with van der Waals surface area (Å²) in [5.74, 6) is 0. The van der Waals surface area contributed by atoms with E-state index < -0.39 is 0 Å². The molecule has 0 unspecified atom stereocenters. The Morgan fingerprint density at radius 2 is 1.80 bits per heavy atom. The molecule has 1 aliphatic rings. The normalized spacial score (nSPS) is 15.3. The Bertz CT molecular complexity index is 655. The highest BCUT2D eigenvalue weighted by atomic mass is 32.9. The minimum atomic E-state index is 0.737. The lowest BCUT2D eigenvalue weighted by atomic mass is 10.1. The van der Waals surface area contributed by atoms with Crippen LogP contribution in [0.2, 0.25) is 0 Å². The van der Waals surface area contributed by atoms with Crippen molar-refractivity contribution in [3.05, 3.63) is 39.7 Å². The summed E-state index contributed by atoms with van der Waals surface area (Å²) in [5.41, 5.74) is 2.24. The second-order valence-corrected chi connectivity index (χ2v) is 7.63. The molecule has 0 amide bonds. The minimum Gasteiger partial charge on any atom is -0.378 e. The van der Waals surface area contributed by atoms with Gasteiger partial charge in [-0.25, -0.2) is 0 Å². The molecule has 3 rings (SSSR count). The zero-order chi connectivity index (χ0) is 13.9. The van der Waals surface area contributed by atoms with Crippen LogP contribution in [0.3, 0.4) is 0 Å². The van der Waals surface area contributed by atoms with Gasteiger partial charge in [0, 0.05) is 13.1 Å². The third kappa shape index (κ3) is 2.84. The molecule has 20 heavy (non-hydrogen) atoms. The Hall–Kier alpha value is -0.660. The Morgan fingerprint density at radius 3 is 2.50 bits per heavy atom. The summed E-state index contributed by atoms with van der Waals surface area (Å²) in [7, 11) is 3.34. The lowest BCUT2D eigenvalue weighted by Gasteiger charge is -2.29. The van der Waals surface area contributed by atoms with Gasteiger partial charge in [-0.2, -0.15) is 0 Å². The molecule has 2 heterocycles. The molecule has 0 atom stereocenters. The number of rotatable bonds is 2. The van der Waals surface area contributed by atoms with E-state index in [2.05, 4.69) is 17.0 Å². The second kappa shape index (κ2) is 6.41. The van der Waals surface area contributed by atoms with Gasteiger partial charge in [-0.1, -0.05) is 75.4 Å². The van der Waals surface area contributed by atoms with Crippen LogP contribution in [0.4, 0.5) is 0 Å². The zero-order valence-corrected chi connectivity index (χ0v) is 14.0. The zero-order valence-electron chi connectivity index (χ0n) is 10.7. The molecule has 0 aliphatic carbocycles. The summed E-state index contributed by atoms with van der Waals surface area (Å²) in [6.07, 6.45) is 0. The third-order valence-electron chi connectivity index (χ3n) is 3.18. The minimum absolute atomic E-state index is 0.737. The molecular formula is C14H13NOS4. The fourth-order valence-corrected chi connectivity index (χ4v) is 5.58. The Morgan fingerprint density at radius 1 is 1.10 bits per heavy atom. The number of nitrogens with zero attached hydrogens (tertiary/aromatic N) is 1. The van der Waals surface area contributed by atoms with Crippen molar-refractivity contribution in [2.24, 2.45) is 0 Å². The highest BCUT2D eigenvalue weighted by Gasteiger charge is 2.21.